The Kier molecular flexibility index (Phi) is 10.3. The van der Waals surface area contributed by atoms with Crippen LogP contribution in [0.2, 0.25) is 0 Å². The van der Waals surface area contributed by atoms with Gasteiger partial charge >= 0.3 is 0 Å². The second-order valence-corrected chi connectivity index (χ2v) is 17.2. The molecule has 1 heterocycles. The molecule has 0 bridgehead atoms. The topological polar surface area (TPSA) is 180 Å². The summed E-state index contributed by atoms with van der Waals surface area (Å²) < 4.78 is 11.1. The van der Waals surface area contributed by atoms with Crippen molar-refractivity contribution >= 4 is 0 Å². The van der Waals surface area contributed by atoms with Crippen LogP contribution < -0.4 is 0 Å². The Hall–Kier alpha value is -0.660. The van der Waals surface area contributed by atoms with Crippen molar-refractivity contribution in [3.05, 3.63) is 12.2 Å². The third-order valence-corrected chi connectivity index (χ3v) is 14.5. The van der Waals surface area contributed by atoms with E-state index in [2.05, 4.69) is 34.6 Å². The molecular weight excluding hydrogens is 592 g/mol. The molecular formula is C36H62O10. The van der Waals surface area contributed by atoms with Gasteiger partial charge in [0.2, 0.25) is 0 Å². The van der Waals surface area contributed by atoms with Crippen LogP contribution in [0.3, 0.4) is 0 Å². The first-order valence-corrected chi connectivity index (χ1v) is 17.7. The van der Waals surface area contributed by atoms with Crippen LogP contribution in [0, 0.1) is 51.2 Å². The lowest BCUT2D eigenvalue weighted by atomic mass is 9.35. The van der Waals surface area contributed by atoms with Crippen LogP contribution >= 0.6 is 0 Å². The lowest BCUT2D eigenvalue weighted by Gasteiger charge is -2.71. The van der Waals surface area contributed by atoms with Crippen LogP contribution in [0.1, 0.15) is 92.9 Å². The molecule has 0 radical (unpaired) electrons. The highest BCUT2D eigenvalue weighted by Gasteiger charge is 2.71. The molecule has 1 saturated heterocycles. The molecule has 8 N–H and O–H groups in total. The monoisotopic (exact) mass is 654 g/mol. The van der Waals surface area contributed by atoms with Gasteiger partial charge in [0.05, 0.1) is 37.6 Å². The highest BCUT2D eigenvalue weighted by Crippen LogP contribution is 2.75. The zero-order chi connectivity index (χ0) is 34.0. The van der Waals surface area contributed by atoms with Crippen LogP contribution in [0.15, 0.2) is 12.2 Å². The molecule has 5 fully saturated rings. The molecule has 10 heteroatoms. The predicted octanol–water partition coefficient (Wildman–Crippen LogP) is 2.13. The van der Waals surface area contributed by atoms with Crippen molar-refractivity contribution in [2.45, 2.75) is 141 Å². The van der Waals surface area contributed by atoms with E-state index < -0.39 is 55.1 Å². The third-order valence-electron chi connectivity index (χ3n) is 14.5. The van der Waals surface area contributed by atoms with Gasteiger partial charge in [-0.05, 0) is 103 Å². The first kappa shape index (κ1) is 36.6. The highest BCUT2D eigenvalue weighted by atomic mass is 16.7. The summed E-state index contributed by atoms with van der Waals surface area (Å²) in [6.45, 7) is 12.5. The molecule has 1 aliphatic heterocycles. The Bertz CT molecular complexity index is 1100. The number of ether oxygens (including phenoxy) is 2. The molecule has 16 atom stereocenters. The summed E-state index contributed by atoms with van der Waals surface area (Å²) in [5, 5.41) is 85.1. The number of rotatable bonds is 9. The minimum Gasteiger partial charge on any atom is -0.394 e. The van der Waals surface area contributed by atoms with E-state index in [1.165, 1.54) is 0 Å². The van der Waals surface area contributed by atoms with Gasteiger partial charge in [0.15, 0.2) is 6.29 Å². The fraction of sp³-hybridized carbons (Fsp3) is 0.944. The lowest BCUT2D eigenvalue weighted by Crippen LogP contribution is -2.68. The van der Waals surface area contributed by atoms with E-state index in [9.17, 15) is 40.9 Å². The van der Waals surface area contributed by atoms with Crippen molar-refractivity contribution in [2.24, 2.45) is 51.2 Å². The van der Waals surface area contributed by atoms with Crippen LogP contribution in [0.25, 0.3) is 0 Å². The fourth-order valence-corrected chi connectivity index (χ4v) is 11.9. The van der Waals surface area contributed by atoms with E-state index in [0.29, 0.717) is 12.3 Å². The molecule has 5 rings (SSSR count). The van der Waals surface area contributed by atoms with Gasteiger partial charge in [0.25, 0.3) is 0 Å². The first-order chi connectivity index (χ1) is 21.4. The number of aliphatic hydroxyl groups excluding tert-OH is 7. The van der Waals surface area contributed by atoms with Crippen molar-refractivity contribution < 1.29 is 50.3 Å². The SMILES string of the molecule is CC(C=CCC(O)(CO)C1CCC2(C)C1CCC1C3(C)CCC(O)C(C)(C)C3C(O)CC12C)COC1OC(CO)C(O)C(O)C1O. The van der Waals surface area contributed by atoms with Crippen LogP contribution in [0.5, 0.6) is 0 Å². The Morgan fingerprint density at radius 1 is 0.891 bits per heavy atom. The summed E-state index contributed by atoms with van der Waals surface area (Å²) in [5.74, 6) is 0.421. The number of hydrogen-bond donors (Lipinski definition) is 8. The Balaban J connectivity index is 1.26. The Morgan fingerprint density at radius 2 is 1.59 bits per heavy atom. The van der Waals surface area contributed by atoms with Gasteiger partial charge in [-0.2, -0.15) is 0 Å². The van der Waals surface area contributed by atoms with Crippen LogP contribution in [-0.4, -0.2) is 109 Å². The zero-order valence-corrected chi connectivity index (χ0v) is 28.8. The lowest BCUT2D eigenvalue weighted by molar-refractivity contribution is -0.302. The molecule has 16 unspecified atom stereocenters. The van der Waals surface area contributed by atoms with Crippen molar-refractivity contribution in [2.75, 3.05) is 19.8 Å². The zero-order valence-electron chi connectivity index (χ0n) is 28.8. The Labute approximate surface area is 274 Å². The van der Waals surface area contributed by atoms with Crippen molar-refractivity contribution in [1.29, 1.82) is 0 Å². The van der Waals surface area contributed by atoms with Gasteiger partial charge in [-0.1, -0.05) is 53.7 Å². The second kappa shape index (κ2) is 12.9. The maximum Gasteiger partial charge on any atom is 0.186 e. The molecule has 0 spiro atoms. The summed E-state index contributed by atoms with van der Waals surface area (Å²) in [4.78, 5) is 0. The van der Waals surface area contributed by atoms with Gasteiger partial charge < -0.3 is 50.3 Å². The molecule has 0 aromatic heterocycles. The van der Waals surface area contributed by atoms with Crippen LogP contribution in [-0.2, 0) is 9.47 Å². The average molecular weight is 655 g/mol. The normalized spacial score (nSPS) is 50.8. The summed E-state index contributed by atoms with van der Waals surface area (Å²) in [7, 11) is 0. The van der Waals surface area contributed by atoms with E-state index in [1.54, 1.807) is 0 Å². The molecule has 10 nitrogen and oxygen atoms in total. The molecule has 266 valence electrons. The number of hydrogen-bond acceptors (Lipinski definition) is 10. The van der Waals surface area contributed by atoms with Gasteiger partial charge in [0, 0.05) is 0 Å². The largest absolute Gasteiger partial charge is 0.394 e. The van der Waals surface area contributed by atoms with Crippen molar-refractivity contribution in [3.8, 4) is 0 Å². The standard InChI is InChI=1S/C36H62O10/c1-20(18-45-31-29(43)28(42)27(41)24(17-37)46-31)8-7-13-36(44,19-38)22-11-15-34(5)21(22)9-10-25-33(4)14-12-26(40)32(2,3)30(33)23(39)16-35(25,34)6/h7-8,20-31,37-44H,9-19H2,1-6H3. The fourth-order valence-electron chi connectivity index (χ4n) is 11.9. The molecule has 0 aromatic rings. The molecule has 46 heavy (non-hydrogen) atoms. The summed E-state index contributed by atoms with van der Waals surface area (Å²) in [5.41, 5.74) is -1.96. The summed E-state index contributed by atoms with van der Waals surface area (Å²) >= 11 is 0. The van der Waals surface area contributed by atoms with Gasteiger partial charge in [-0.25, -0.2) is 0 Å². The second-order valence-electron chi connectivity index (χ2n) is 17.2. The van der Waals surface area contributed by atoms with E-state index in [-0.39, 0.29) is 65.0 Å². The van der Waals surface area contributed by atoms with Crippen molar-refractivity contribution in [1.82, 2.24) is 0 Å². The third kappa shape index (κ3) is 5.64. The first-order valence-electron chi connectivity index (χ1n) is 17.7. The summed E-state index contributed by atoms with van der Waals surface area (Å²) in [6, 6.07) is 0. The van der Waals surface area contributed by atoms with Gasteiger partial charge in [-0.3, -0.25) is 0 Å². The number of aliphatic hydroxyl groups is 8. The highest BCUT2D eigenvalue weighted by molar-refractivity contribution is 5.20. The molecule has 4 saturated carbocycles. The Morgan fingerprint density at radius 3 is 2.24 bits per heavy atom. The van der Waals surface area contributed by atoms with Gasteiger partial charge in [0.1, 0.15) is 24.4 Å². The maximum absolute atomic E-state index is 12.0. The van der Waals surface area contributed by atoms with Crippen molar-refractivity contribution in [3.63, 3.8) is 0 Å². The smallest absolute Gasteiger partial charge is 0.186 e. The van der Waals surface area contributed by atoms with E-state index in [4.69, 9.17) is 9.47 Å². The quantitative estimate of drug-likeness (QED) is 0.172. The molecule has 0 amide bonds. The van der Waals surface area contributed by atoms with E-state index >= 15 is 0 Å². The number of fused-ring (bicyclic) bond motifs is 5. The molecule has 4 aliphatic carbocycles. The predicted molar refractivity (Wildman–Crippen MR) is 171 cm³/mol. The molecule has 5 aliphatic rings. The summed E-state index contributed by atoms with van der Waals surface area (Å²) in [6.07, 6.45) is 2.59. The van der Waals surface area contributed by atoms with Crippen LogP contribution in [0.4, 0.5) is 0 Å². The maximum atomic E-state index is 12.0. The average Bonchev–Trinajstić information content (AvgIpc) is 3.36. The minimum atomic E-state index is -1.50. The minimum absolute atomic E-state index is 0.0327. The van der Waals surface area contributed by atoms with Gasteiger partial charge in [-0.15, -0.1) is 0 Å². The molecule has 0 aromatic carbocycles. The van der Waals surface area contributed by atoms with E-state index in [1.807, 2.05) is 19.1 Å². The van der Waals surface area contributed by atoms with E-state index in [0.717, 1.165) is 38.5 Å².